The fourth-order valence-corrected chi connectivity index (χ4v) is 6.71. The number of ether oxygens (including phenoxy) is 1. The van der Waals surface area contributed by atoms with E-state index in [4.69, 9.17) is 4.74 Å². The first-order valence-corrected chi connectivity index (χ1v) is 13.6. The largest absolute Gasteiger partial charge is 0.424 e. The SMILES string of the molecule is CCn1c(Oc2cccc(N3CCN(C)CC3)c2)nnc1[C@@H](C)NS(=O)(=O)c1sc(C)nc1C. The lowest BCUT2D eigenvalue weighted by Crippen LogP contribution is -2.44. The zero-order valence-electron chi connectivity index (χ0n) is 20.1. The summed E-state index contributed by atoms with van der Waals surface area (Å²) in [5.41, 5.74) is 1.59. The molecule has 0 spiro atoms. The molecule has 0 bridgehead atoms. The van der Waals surface area contributed by atoms with Crippen LogP contribution in [0.5, 0.6) is 11.8 Å². The molecule has 1 N–H and O–H groups in total. The molecule has 4 rings (SSSR count). The summed E-state index contributed by atoms with van der Waals surface area (Å²) >= 11 is 1.15. The number of aromatic nitrogens is 4. The highest BCUT2D eigenvalue weighted by molar-refractivity contribution is 7.91. The number of piperazine rings is 1. The molecule has 12 heteroatoms. The number of anilines is 1. The number of likely N-dealkylation sites (N-methyl/N-ethyl adjacent to an activating group) is 1. The van der Waals surface area contributed by atoms with Crippen LogP contribution < -0.4 is 14.4 Å². The van der Waals surface area contributed by atoms with Gasteiger partial charge < -0.3 is 14.5 Å². The number of rotatable bonds is 8. The van der Waals surface area contributed by atoms with Gasteiger partial charge in [0, 0.05) is 44.5 Å². The monoisotopic (exact) mass is 505 g/mol. The smallest absolute Gasteiger partial charge is 0.322 e. The molecular weight excluding hydrogens is 474 g/mol. The molecule has 1 fully saturated rings. The molecular formula is C22H31N7O3S2. The van der Waals surface area contributed by atoms with Gasteiger partial charge in [0.25, 0.3) is 10.0 Å². The predicted octanol–water partition coefficient (Wildman–Crippen LogP) is 2.95. The summed E-state index contributed by atoms with van der Waals surface area (Å²) in [5, 5.41) is 9.15. The predicted molar refractivity (Wildman–Crippen MR) is 132 cm³/mol. The number of hydrogen-bond acceptors (Lipinski definition) is 9. The molecule has 10 nitrogen and oxygen atoms in total. The van der Waals surface area contributed by atoms with Gasteiger partial charge in [0.1, 0.15) is 5.75 Å². The fraction of sp³-hybridized carbons (Fsp3) is 0.500. The van der Waals surface area contributed by atoms with Crippen LogP contribution in [0.25, 0.3) is 0 Å². The Hall–Kier alpha value is -2.54. The maximum absolute atomic E-state index is 12.9. The van der Waals surface area contributed by atoms with Crippen molar-refractivity contribution in [2.75, 3.05) is 38.1 Å². The summed E-state index contributed by atoms with van der Waals surface area (Å²) in [6.45, 7) is 11.7. The molecule has 184 valence electrons. The molecule has 3 heterocycles. The van der Waals surface area contributed by atoms with Crippen LogP contribution in [-0.2, 0) is 16.6 Å². The van der Waals surface area contributed by atoms with Crippen molar-refractivity contribution >= 4 is 27.0 Å². The number of sulfonamides is 1. The molecule has 0 unspecified atom stereocenters. The summed E-state index contributed by atoms with van der Waals surface area (Å²) in [6.07, 6.45) is 0. The van der Waals surface area contributed by atoms with Gasteiger partial charge >= 0.3 is 6.01 Å². The highest BCUT2D eigenvalue weighted by Crippen LogP contribution is 2.29. The molecule has 1 aliphatic heterocycles. The van der Waals surface area contributed by atoms with Crippen molar-refractivity contribution in [1.29, 1.82) is 0 Å². The molecule has 1 atom stereocenters. The van der Waals surface area contributed by atoms with E-state index in [0.717, 1.165) is 43.2 Å². The lowest BCUT2D eigenvalue weighted by molar-refractivity contribution is 0.312. The molecule has 1 aromatic carbocycles. The zero-order valence-corrected chi connectivity index (χ0v) is 21.8. The Kier molecular flexibility index (Phi) is 7.22. The zero-order chi connectivity index (χ0) is 24.5. The van der Waals surface area contributed by atoms with Crippen LogP contribution in [0.4, 0.5) is 5.69 Å². The molecule has 0 aliphatic carbocycles. The first-order chi connectivity index (χ1) is 16.2. The first-order valence-electron chi connectivity index (χ1n) is 11.3. The van der Waals surface area contributed by atoms with Crippen molar-refractivity contribution in [3.63, 3.8) is 0 Å². The van der Waals surface area contributed by atoms with Gasteiger partial charge in [0.2, 0.25) is 0 Å². The van der Waals surface area contributed by atoms with E-state index in [0.29, 0.717) is 34.8 Å². The van der Waals surface area contributed by atoms with Gasteiger partial charge in [-0.15, -0.1) is 16.4 Å². The number of thiazole rings is 1. The third kappa shape index (κ3) is 5.24. The van der Waals surface area contributed by atoms with Crippen LogP contribution in [0, 0.1) is 13.8 Å². The average molecular weight is 506 g/mol. The van der Waals surface area contributed by atoms with Crippen molar-refractivity contribution < 1.29 is 13.2 Å². The van der Waals surface area contributed by atoms with E-state index in [1.54, 1.807) is 25.3 Å². The van der Waals surface area contributed by atoms with Crippen LogP contribution in [0.15, 0.2) is 28.5 Å². The summed E-state index contributed by atoms with van der Waals surface area (Å²) in [5.74, 6) is 1.14. The summed E-state index contributed by atoms with van der Waals surface area (Å²) in [7, 11) is -1.61. The van der Waals surface area contributed by atoms with E-state index in [2.05, 4.69) is 42.8 Å². The summed E-state index contributed by atoms with van der Waals surface area (Å²) in [6, 6.07) is 7.65. The third-order valence-electron chi connectivity index (χ3n) is 5.78. The second kappa shape index (κ2) is 9.98. The van der Waals surface area contributed by atoms with Gasteiger partial charge in [-0.1, -0.05) is 11.2 Å². The molecule has 1 aliphatic rings. The van der Waals surface area contributed by atoms with Gasteiger partial charge in [-0.3, -0.25) is 4.57 Å². The average Bonchev–Trinajstić information content (AvgIpc) is 3.36. The Morgan fingerprint density at radius 3 is 2.56 bits per heavy atom. The number of nitrogens with one attached hydrogen (secondary N) is 1. The lowest BCUT2D eigenvalue weighted by Gasteiger charge is -2.34. The van der Waals surface area contributed by atoms with Crippen LogP contribution in [0.2, 0.25) is 0 Å². The molecule has 2 aromatic heterocycles. The van der Waals surface area contributed by atoms with E-state index >= 15 is 0 Å². The van der Waals surface area contributed by atoms with Crippen molar-refractivity contribution in [3.8, 4) is 11.8 Å². The second-order valence-electron chi connectivity index (χ2n) is 8.42. The van der Waals surface area contributed by atoms with Crippen molar-refractivity contribution in [1.82, 2.24) is 29.4 Å². The van der Waals surface area contributed by atoms with E-state index < -0.39 is 16.1 Å². The van der Waals surface area contributed by atoms with Gasteiger partial charge in [0.05, 0.1) is 16.7 Å². The van der Waals surface area contributed by atoms with Crippen molar-refractivity contribution in [3.05, 3.63) is 40.8 Å². The molecule has 0 saturated carbocycles. The van der Waals surface area contributed by atoms with E-state index in [1.807, 2.05) is 25.1 Å². The van der Waals surface area contributed by atoms with Gasteiger partial charge in [-0.2, -0.15) is 4.72 Å². The Bertz CT molecular complexity index is 1250. The molecule has 34 heavy (non-hydrogen) atoms. The minimum Gasteiger partial charge on any atom is -0.424 e. The number of benzene rings is 1. The highest BCUT2D eigenvalue weighted by atomic mass is 32.2. The number of hydrogen-bond donors (Lipinski definition) is 1. The maximum Gasteiger partial charge on any atom is 0.322 e. The quantitative estimate of drug-likeness (QED) is 0.498. The van der Waals surface area contributed by atoms with Crippen LogP contribution in [0.1, 0.15) is 36.4 Å². The molecule has 0 radical (unpaired) electrons. The molecule has 0 amide bonds. The van der Waals surface area contributed by atoms with E-state index in [-0.39, 0.29) is 4.21 Å². The van der Waals surface area contributed by atoms with Crippen molar-refractivity contribution in [2.24, 2.45) is 0 Å². The van der Waals surface area contributed by atoms with Gasteiger partial charge in [-0.25, -0.2) is 13.4 Å². The summed E-state index contributed by atoms with van der Waals surface area (Å²) in [4.78, 5) is 8.88. The van der Waals surface area contributed by atoms with Crippen molar-refractivity contribution in [2.45, 2.75) is 44.5 Å². The minimum absolute atomic E-state index is 0.219. The topological polar surface area (TPSA) is 105 Å². The van der Waals surface area contributed by atoms with Crippen LogP contribution >= 0.6 is 11.3 Å². The molecule has 1 saturated heterocycles. The Balaban J connectivity index is 1.51. The van der Waals surface area contributed by atoms with Gasteiger partial charge in [0.15, 0.2) is 10.0 Å². The fourth-order valence-electron chi connectivity index (χ4n) is 4.01. The van der Waals surface area contributed by atoms with Crippen LogP contribution in [0.3, 0.4) is 0 Å². The number of aryl methyl sites for hydroxylation is 2. The minimum atomic E-state index is -3.74. The Morgan fingerprint density at radius 2 is 1.91 bits per heavy atom. The third-order valence-corrected chi connectivity index (χ3v) is 9.00. The number of nitrogens with zero attached hydrogens (tertiary/aromatic N) is 6. The standard InChI is InChI=1S/C22H31N7O3S2/c1-6-29-20(15(2)26-34(30,31)21-16(3)23-17(4)33-21)24-25-22(29)32-19-9-7-8-18(14-19)28-12-10-27(5)11-13-28/h7-9,14-15,26H,6,10-13H2,1-5H3/t15-/m1/s1. The Labute approximate surface area is 204 Å². The van der Waals surface area contributed by atoms with Crippen LogP contribution in [-0.4, -0.2) is 66.3 Å². The summed E-state index contributed by atoms with van der Waals surface area (Å²) < 4.78 is 36.6. The van der Waals surface area contributed by atoms with Gasteiger partial charge in [-0.05, 0) is 46.9 Å². The van der Waals surface area contributed by atoms with E-state index in [1.165, 1.54) is 0 Å². The first kappa shape index (κ1) is 24.6. The highest BCUT2D eigenvalue weighted by Gasteiger charge is 2.27. The Morgan fingerprint density at radius 1 is 1.18 bits per heavy atom. The molecule has 3 aromatic rings. The second-order valence-corrected chi connectivity index (χ2v) is 11.5. The lowest BCUT2D eigenvalue weighted by atomic mass is 10.2. The maximum atomic E-state index is 12.9. The van der Waals surface area contributed by atoms with E-state index in [9.17, 15) is 8.42 Å². The normalized spacial score (nSPS) is 16.1.